The van der Waals surface area contributed by atoms with Crippen molar-refractivity contribution in [3.8, 4) is 0 Å². The van der Waals surface area contributed by atoms with Crippen molar-refractivity contribution >= 4 is 21.6 Å². The van der Waals surface area contributed by atoms with Gasteiger partial charge in [0, 0.05) is 0 Å². The number of aryl methyl sites for hydroxylation is 1. The molecule has 1 atom stereocenters. The first-order valence-corrected chi connectivity index (χ1v) is 10.3. The van der Waals surface area contributed by atoms with Crippen molar-refractivity contribution < 1.29 is 17.6 Å². The Labute approximate surface area is 152 Å². The fraction of sp³-hybridized carbons (Fsp3) is 0.316. The smallest absolute Gasteiger partial charge is 0.241 e. The second kappa shape index (κ2) is 7.45. The van der Waals surface area contributed by atoms with Gasteiger partial charge in [0.1, 0.15) is 12.4 Å². The monoisotopic (exact) mass is 376 g/mol. The van der Waals surface area contributed by atoms with Gasteiger partial charge in [-0.05, 0) is 42.5 Å². The van der Waals surface area contributed by atoms with Crippen LogP contribution in [-0.2, 0) is 21.2 Å². The lowest BCUT2D eigenvalue weighted by molar-refractivity contribution is -0.120. The van der Waals surface area contributed by atoms with Gasteiger partial charge in [-0.25, -0.2) is 12.8 Å². The van der Waals surface area contributed by atoms with Crippen molar-refractivity contribution in [3.63, 3.8) is 0 Å². The van der Waals surface area contributed by atoms with E-state index in [1.807, 2.05) is 24.3 Å². The third-order valence-electron chi connectivity index (χ3n) is 4.51. The molecule has 1 amide bonds. The summed E-state index contributed by atoms with van der Waals surface area (Å²) in [4.78, 5) is 12.5. The predicted molar refractivity (Wildman–Crippen MR) is 98.9 cm³/mol. The van der Waals surface area contributed by atoms with Gasteiger partial charge in [0.25, 0.3) is 0 Å². The van der Waals surface area contributed by atoms with Crippen LogP contribution >= 0.6 is 0 Å². The number of carbonyl (C=O) groups is 1. The number of halogens is 1. The number of hydrogen-bond acceptors (Lipinski definition) is 3. The van der Waals surface area contributed by atoms with Crippen LogP contribution in [-0.4, -0.2) is 27.1 Å². The number of para-hydroxylation sites is 1. The fourth-order valence-corrected chi connectivity index (χ4v) is 4.17. The van der Waals surface area contributed by atoms with Crippen molar-refractivity contribution in [2.45, 2.75) is 25.3 Å². The molecule has 0 aromatic heterocycles. The first-order valence-electron chi connectivity index (χ1n) is 8.45. The number of fused-ring (bicyclic) bond motifs is 1. The lowest BCUT2D eigenvalue weighted by Gasteiger charge is -2.28. The highest BCUT2D eigenvalue weighted by molar-refractivity contribution is 7.92. The summed E-state index contributed by atoms with van der Waals surface area (Å²) in [7, 11) is -3.80. The zero-order valence-electron chi connectivity index (χ0n) is 14.5. The molecule has 1 N–H and O–H groups in total. The van der Waals surface area contributed by atoms with Gasteiger partial charge in [-0.2, -0.15) is 0 Å². The van der Waals surface area contributed by atoms with E-state index in [-0.39, 0.29) is 11.7 Å². The van der Waals surface area contributed by atoms with Gasteiger partial charge in [-0.15, -0.1) is 0 Å². The molecule has 0 fully saturated rings. The standard InChI is InChI=1S/C19H21FN2O3S/c1-26(24,25)22(18-12-5-4-10-16(18)20)13-19(23)21-17-11-6-8-14-7-2-3-9-15(14)17/h2-5,7,9-10,12,17H,6,8,11,13H2,1H3,(H,21,23). The van der Waals surface area contributed by atoms with Crippen LogP contribution in [0.1, 0.15) is 30.0 Å². The Bertz CT molecular complexity index is 915. The molecule has 26 heavy (non-hydrogen) atoms. The van der Waals surface area contributed by atoms with Crippen LogP contribution in [0.15, 0.2) is 48.5 Å². The zero-order valence-corrected chi connectivity index (χ0v) is 15.3. The lowest BCUT2D eigenvalue weighted by atomic mass is 9.88. The topological polar surface area (TPSA) is 66.5 Å². The van der Waals surface area contributed by atoms with E-state index >= 15 is 0 Å². The van der Waals surface area contributed by atoms with Gasteiger partial charge >= 0.3 is 0 Å². The molecule has 1 aliphatic carbocycles. The minimum Gasteiger partial charge on any atom is -0.348 e. The maximum Gasteiger partial charge on any atom is 0.241 e. The summed E-state index contributed by atoms with van der Waals surface area (Å²) in [6.45, 7) is -0.460. The molecule has 0 spiro atoms. The molecular weight excluding hydrogens is 355 g/mol. The first kappa shape index (κ1) is 18.4. The van der Waals surface area contributed by atoms with E-state index in [1.54, 1.807) is 0 Å². The zero-order chi connectivity index (χ0) is 18.7. The normalized spacial score (nSPS) is 16.6. The Morgan fingerprint density at radius 3 is 2.62 bits per heavy atom. The van der Waals surface area contributed by atoms with Gasteiger partial charge in [0.2, 0.25) is 15.9 Å². The number of benzene rings is 2. The van der Waals surface area contributed by atoms with Crippen LogP contribution in [0.25, 0.3) is 0 Å². The molecule has 0 saturated heterocycles. The number of amides is 1. The van der Waals surface area contributed by atoms with Gasteiger partial charge < -0.3 is 5.32 Å². The Hall–Kier alpha value is -2.41. The van der Waals surface area contributed by atoms with Gasteiger partial charge in [-0.3, -0.25) is 9.10 Å². The number of anilines is 1. The molecule has 2 aromatic rings. The molecule has 0 saturated carbocycles. The average Bonchev–Trinajstić information content (AvgIpc) is 2.60. The molecule has 1 unspecified atom stereocenters. The Morgan fingerprint density at radius 2 is 1.88 bits per heavy atom. The van der Waals surface area contributed by atoms with E-state index in [0.717, 1.165) is 35.4 Å². The fourth-order valence-electron chi connectivity index (χ4n) is 3.31. The maximum absolute atomic E-state index is 14.0. The third-order valence-corrected chi connectivity index (χ3v) is 5.64. The molecule has 7 heteroatoms. The van der Waals surface area contributed by atoms with Crippen LogP contribution in [0.5, 0.6) is 0 Å². The van der Waals surface area contributed by atoms with E-state index in [1.165, 1.54) is 29.8 Å². The summed E-state index contributed by atoms with van der Waals surface area (Å²) >= 11 is 0. The van der Waals surface area contributed by atoms with Crippen molar-refractivity contribution in [2.75, 3.05) is 17.1 Å². The Morgan fingerprint density at radius 1 is 1.19 bits per heavy atom. The summed E-state index contributed by atoms with van der Waals surface area (Å²) in [5.41, 5.74) is 2.12. The number of nitrogens with zero attached hydrogens (tertiary/aromatic N) is 1. The highest BCUT2D eigenvalue weighted by atomic mass is 32.2. The van der Waals surface area contributed by atoms with Crippen molar-refractivity contribution in [1.82, 2.24) is 5.32 Å². The van der Waals surface area contributed by atoms with Crippen molar-refractivity contribution in [1.29, 1.82) is 0 Å². The molecule has 3 rings (SSSR count). The number of nitrogens with one attached hydrogen (secondary N) is 1. The molecule has 0 aliphatic heterocycles. The molecule has 2 aromatic carbocycles. The highest BCUT2D eigenvalue weighted by Crippen LogP contribution is 2.29. The van der Waals surface area contributed by atoms with E-state index in [9.17, 15) is 17.6 Å². The van der Waals surface area contributed by atoms with Crippen LogP contribution in [0.3, 0.4) is 0 Å². The molecule has 138 valence electrons. The van der Waals surface area contributed by atoms with Crippen molar-refractivity contribution in [3.05, 3.63) is 65.5 Å². The summed E-state index contributed by atoms with van der Waals surface area (Å²) < 4.78 is 39.0. The summed E-state index contributed by atoms with van der Waals surface area (Å²) in [5.74, 6) is -1.14. The van der Waals surface area contributed by atoms with Gasteiger partial charge in [-0.1, -0.05) is 36.4 Å². The number of carbonyl (C=O) groups excluding carboxylic acids is 1. The van der Waals surface area contributed by atoms with Crippen LogP contribution in [0.2, 0.25) is 0 Å². The largest absolute Gasteiger partial charge is 0.348 e. The van der Waals surface area contributed by atoms with E-state index in [2.05, 4.69) is 5.32 Å². The van der Waals surface area contributed by atoms with Crippen LogP contribution in [0.4, 0.5) is 10.1 Å². The number of rotatable bonds is 5. The van der Waals surface area contributed by atoms with Crippen LogP contribution < -0.4 is 9.62 Å². The summed E-state index contributed by atoms with van der Waals surface area (Å²) in [5, 5.41) is 2.90. The van der Waals surface area contributed by atoms with Crippen molar-refractivity contribution in [2.24, 2.45) is 0 Å². The average molecular weight is 376 g/mol. The minimum absolute atomic E-state index is 0.130. The van der Waals surface area contributed by atoms with E-state index < -0.39 is 28.3 Å². The molecule has 0 heterocycles. The summed E-state index contributed by atoms with van der Waals surface area (Å²) in [6, 6.07) is 13.3. The molecule has 1 aliphatic rings. The first-order chi connectivity index (χ1) is 12.4. The molecule has 0 radical (unpaired) electrons. The minimum atomic E-state index is -3.80. The van der Waals surface area contributed by atoms with Gasteiger partial charge in [0.05, 0.1) is 18.0 Å². The lowest BCUT2D eigenvalue weighted by Crippen LogP contribution is -2.42. The number of hydrogen-bond donors (Lipinski definition) is 1. The second-order valence-corrected chi connectivity index (χ2v) is 8.34. The Kier molecular flexibility index (Phi) is 5.27. The predicted octanol–water partition coefficient (Wildman–Crippen LogP) is 2.79. The molecule has 5 nitrogen and oxygen atoms in total. The van der Waals surface area contributed by atoms with Crippen LogP contribution in [0, 0.1) is 5.82 Å². The second-order valence-electron chi connectivity index (χ2n) is 6.43. The third kappa shape index (κ3) is 4.04. The Balaban J connectivity index is 1.79. The molecular formula is C19H21FN2O3S. The van der Waals surface area contributed by atoms with Gasteiger partial charge in [0.15, 0.2) is 0 Å². The quantitative estimate of drug-likeness (QED) is 0.873. The SMILES string of the molecule is CS(=O)(=O)N(CC(=O)NC1CCCc2ccccc21)c1ccccc1F. The summed E-state index contributed by atoms with van der Waals surface area (Å²) in [6.07, 6.45) is 3.67. The maximum atomic E-state index is 14.0. The highest BCUT2D eigenvalue weighted by Gasteiger charge is 2.26. The number of sulfonamides is 1. The van der Waals surface area contributed by atoms with E-state index in [4.69, 9.17) is 0 Å². The molecule has 0 bridgehead atoms. The van der Waals surface area contributed by atoms with E-state index in [0.29, 0.717) is 0 Å².